The molecule has 166 valence electrons. The van der Waals surface area contributed by atoms with Gasteiger partial charge in [-0.2, -0.15) is 5.26 Å². The van der Waals surface area contributed by atoms with Crippen LogP contribution in [0.5, 0.6) is 0 Å². The Balaban J connectivity index is 1.46. The molecule has 1 saturated heterocycles. The van der Waals surface area contributed by atoms with Crippen LogP contribution in [0.4, 0.5) is 11.4 Å². The van der Waals surface area contributed by atoms with E-state index in [4.69, 9.17) is 16.0 Å². The Morgan fingerprint density at radius 1 is 1.09 bits per heavy atom. The Kier molecular flexibility index (Phi) is 6.43. The van der Waals surface area contributed by atoms with Crippen LogP contribution < -0.4 is 4.90 Å². The summed E-state index contributed by atoms with van der Waals surface area (Å²) in [6.07, 6.45) is 1.40. The molecule has 33 heavy (non-hydrogen) atoms. The number of anilines is 1. The molecule has 1 fully saturated rings. The molecule has 2 aromatic carbocycles. The summed E-state index contributed by atoms with van der Waals surface area (Å²) < 4.78 is 5.73. The standard InChI is InChI=1S/C24H19ClN4O4/c25-22-15-19(29(31)32)6-8-21(22)23-9-7-20(33-23)14-17(16-26)24(30)28-12-10-27(11-13-28)18-4-2-1-3-5-18/h1-9,14-15H,10-13H2/b17-14-. The van der Waals surface area contributed by atoms with Crippen LogP contribution in [0.1, 0.15) is 5.76 Å². The molecule has 1 aliphatic heterocycles. The second-order valence-electron chi connectivity index (χ2n) is 7.41. The lowest BCUT2D eigenvalue weighted by Crippen LogP contribution is -2.49. The number of piperazine rings is 1. The maximum atomic E-state index is 12.9. The van der Waals surface area contributed by atoms with E-state index in [2.05, 4.69) is 4.90 Å². The number of hydrogen-bond acceptors (Lipinski definition) is 6. The van der Waals surface area contributed by atoms with Crippen molar-refractivity contribution in [1.82, 2.24) is 4.90 Å². The molecular weight excluding hydrogens is 444 g/mol. The van der Waals surface area contributed by atoms with Crippen molar-refractivity contribution in [3.63, 3.8) is 0 Å². The fourth-order valence-electron chi connectivity index (χ4n) is 3.65. The first-order valence-electron chi connectivity index (χ1n) is 10.2. The highest BCUT2D eigenvalue weighted by molar-refractivity contribution is 6.33. The zero-order valence-corrected chi connectivity index (χ0v) is 18.2. The lowest BCUT2D eigenvalue weighted by molar-refractivity contribution is -0.384. The highest BCUT2D eigenvalue weighted by Crippen LogP contribution is 2.32. The first kappa shape index (κ1) is 22.1. The lowest BCUT2D eigenvalue weighted by atomic mass is 10.1. The molecule has 0 aliphatic carbocycles. The molecule has 0 spiro atoms. The van der Waals surface area contributed by atoms with Crippen molar-refractivity contribution in [2.45, 2.75) is 0 Å². The van der Waals surface area contributed by atoms with Gasteiger partial charge in [0.2, 0.25) is 0 Å². The summed E-state index contributed by atoms with van der Waals surface area (Å²) in [5, 5.41) is 20.6. The molecule has 0 N–H and O–H groups in total. The molecule has 1 aliphatic rings. The SMILES string of the molecule is N#C/C(=C/c1ccc(-c2ccc([N+](=O)[O-])cc2Cl)o1)C(=O)N1CCN(c2ccccc2)CC1. The molecule has 8 nitrogen and oxygen atoms in total. The zero-order chi connectivity index (χ0) is 23.4. The summed E-state index contributed by atoms with van der Waals surface area (Å²) in [5.74, 6) is 0.339. The number of nitro groups is 1. The molecule has 3 aromatic rings. The fraction of sp³-hybridized carbons (Fsp3) is 0.167. The van der Waals surface area contributed by atoms with Crippen molar-refractivity contribution in [1.29, 1.82) is 5.26 Å². The number of amides is 1. The molecule has 0 bridgehead atoms. The van der Waals surface area contributed by atoms with Gasteiger partial charge in [0.1, 0.15) is 23.2 Å². The predicted molar refractivity (Wildman–Crippen MR) is 125 cm³/mol. The normalized spacial score (nSPS) is 14.1. The Hall–Kier alpha value is -4.09. The monoisotopic (exact) mass is 462 g/mol. The number of rotatable bonds is 5. The summed E-state index contributed by atoms with van der Waals surface area (Å²) in [5.41, 5.74) is 1.43. The van der Waals surface area contributed by atoms with Crippen molar-refractivity contribution in [3.8, 4) is 17.4 Å². The van der Waals surface area contributed by atoms with E-state index in [0.29, 0.717) is 43.3 Å². The van der Waals surface area contributed by atoms with Crippen LogP contribution in [-0.2, 0) is 4.79 Å². The number of hydrogen-bond donors (Lipinski definition) is 0. The van der Waals surface area contributed by atoms with Gasteiger partial charge in [-0.3, -0.25) is 14.9 Å². The number of non-ortho nitro benzene ring substituents is 1. The summed E-state index contributed by atoms with van der Waals surface area (Å²) in [4.78, 5) is 27.1. The molecule has 0 radical (unpaired) electrons. The topological polar surface area (TPSA) is 104 Å². The van der Waals surface area contributed by atoms with Gasteiger partial charge in [-0.15, -0.1) is 0 Å². The second kappa shape index (κ2) is 9.59. The zero-order valence-electron chi connectivity index (χ0n) is 17.5. The number of furan rings is 1. The van der Waals surface area contributed by atoms with Crippen LogP contribution in [0.3, 0.4) is 0 Å². The molecular formula is C24H19ClN4O4. The molecule has 0 atom stereocenters. The van der Waals surface area contributed by atoms with E-state index in [0.717, 1.165) is 5.69 Å². The molecule has 9 heteroatoms. The van der Waals surface area contributed by atoms with Crippen LogP contribution >= 0.6 is 11.6 Å². The van der Waals surface area contributed by atoms with Gasteiger partial charge in [0, 0.05) is 55.6 Å². The third kappa shape index (κ3) is 4.89. The van der Waals surface area contributed by atoms with Gasteiger partial charge >= 0.3 is 0 Å². The highest BCUT2D eigenvalue weighted by atomic mass is 35.5. The Bertz CT molecular complexity index is 1250. The minimum atomic E-state index is -0.531. The Morgan fingerprint density at radius 2 is 1.82 bits per heavy atom. The van der Waals surface area contributed by atoms with E-state index in [-0.39, 0.29) is 22.2 Å². The van der Waals surface area contributed by atoms with Gasteiger partial charge in [0.15, 0.2) is 0 Å². The summed E-state index contributed by atoms with van der Waals surface area (Å²) in [7, 11) is 0. The predicted octanol–water partition coefficient (Wildman–Crippen LogP) is 4.76. The van der Waals surface area contributed by atoms with E-state index in [9.17, 15) is 20.2 Å². The van der Waals surface area contributed by atoms with E-state index in [1.807, 2.05) is 36.4 Å². The second-order valence-corrected chi connectivity index (χ2v) is 7.82. The van der Waals surface area contributed by atoms with Gasteiger partial charge in [-0.05, 0) is 30.3 Å². The highest BCUT2D eigenvalue weighted by Gasteiger charge is 2.24. The van der Waals surface area contributed by atoms with Gasteiger partial charge in [0.05, 0.1) is 9.95 Å². The van der Waals surface area contributed by atoms with Crippen molar-refractivity contribution in [2.75, 3.05) is 31.1 Å². The van der Waals surface area contributed by atoms with Gasteiger partial charge in [-0.1, -0.05) is 29.8 Å². The Morgan fingerprint density at radius 3 is 2.45 bits per heavy atom. The van der Waals surface area contributed by atoms with Crippen LogP contribution in [0.25, 0.3) is 17.4 Å². The van der Waals surface area contributed by atoms with Gasteiger partial charge in [-0.25, -0.2) is 0 Å². The van der Waals surface area contributed by atoms with Crippen molar-refractivity contribution < 1.29 is 14.1 Å². The first-order valence-corrected chi connectivity index (χ1v) is 10.6. The van der Waals surface area contributed by atoms with Crippen LogP contribution in [0, 0.1) is 21.4 Å². The van der Waals surface area contributed by atoms with Gasteiger partial charge in [0.25, 0.3) is 11.6 Å². The van der Waals surface area contributed by atoms with E-state index < -0.39 is 4.92 Å². The molecule has 1 aromatic heterocycles. The number of carbonyl (C=O) groups is 1. The largest absolute Gasteiger partial charge is 0.457 e. The molecule has 2 heterocycles. The fourth-order valence-corrected chi connectivity index (χ4v) is 3.92. The number of nitrogens with zero attached hydrogens (tertiary/aromatic N) is 4. The number of halogens is 1. The average molecular weight is 463 g/mol. The van der Waals surface area contributed by atoms with E-state index in [1.54, 1.807) is 17.0 Å². The molecule has 0 saturated carbocycles. The minimum absolute atomic E-state index is 0.0288. The number of carbonyl (C=O) groups excluding carboxylic acids is 1. The van der Waals surface area contributed by atoms with Crippen molar-refractivity contribution in [2.24, 2.45) is 0 Å². The number of nitriles is 1. The van der Waals surface area contributed by atoms with Crippen LogP contribution in [0.2, 0.25) is 5.02 Å². The minimum Gasteiger partial charge on any atom is -0.457 e. The molecule has 4 rings (SSSR count). The van der Waals surface area contributed by atoms with Gasteiger partial charge < -0.3 is 14.2 Å². The summed E-state index contributed by atoms with van der Waals surface area (Å²) >= 11 is 6.16. The number of para-hydroxylation sites is 1. The maximum Gasteiger partial charge on any atom is 0.270 e. The van der Waals surface area contributed by atoms with Crippen molar-refractivity contribution in [3.05, 3.63) is 87.1 Å². The molecule has 1 amide bonds. The first-order chi connectivity index (χ1) is 16.0. The number of benzene rings is 2. The third-order valence-electron chi connectivity index (χ3n) is 5.38. The molecule has 0 unspecified atom stereocenters. The van der Waals surface area contributed by atoms with E-state index in [1.165, 1.54) is 24.3 Å². The van der Waals surface area contributed by atoms with E-state index >= 15 is 0 Å². The summed E-state index contributed by atoms with van der Waals surface area (Å²) in [6.45, 7) is 2.37. The van der Waals surface area contributed by atoms with Crippen LogP contribution in [0.15, 0.2) is 70.7 Å². The lowest BCUT2D eigenvalue weighted by Gasteiger charge is -2.36. The summed E-state index contributed by atoms with van der Waals surface area (Å²) in [6, 6.07) is 19.3. The van der Waals surface area contributed by atoms with Crippen molar-refractivity contribution >= 4 is 35.0 Å². The smallest absolute Gasteiger partial charge is 0.270 e. The van der Waals surface area contributed by atoms with Crippen LogP contribution in [-0.4, -0.2) is 41.9 Å². The maximum absolute atomic E-state index is 12.9. The third-order valence-corrected chi connectivity index (χ3v) is 5.69. The Labute approximate surface area is 195 Å². The number of nitro benzene ring substituents is 1. The quantitative estimate of drug-likeness (QED) is 0.234. The average Bonchev–Trinajstić information content (AvgIpc) is 3.31.